The molecule has 1 aromatic heterocycles. The van der Waals surface area contributed by atoms with Crippen LogP contribution in [0.25, 0.3) is 10.9 Å². The van der Waals surface area contributed by atoms with Crippen molar-refractivity contribution in [3.05, 3.63) is 84.1 Å². The molecule has 10 heteroatoms. The van der Waals surface area contributed by atoms with Crippen molar-refractivity contribution in [3.8, 4) is 23.0 Å². The summed E-state index contributed by atoms with van der Waals surface area (Å²) in [7, 11) is 3.01. The lowest BCUT2D eigenvalue weighted by Crippen LogP contribution is -2.42. The van der Waals surface area contributed by atoms with Gasteiger partial charge in [0, 0.05) is 34.8 Å². The monoisotopic (exact) mass is 550 g/mol. The van der Waals surface area contributed by atoms with Crippen molar-refractivity contribution in [2.45, 2.75) is 26.9 Å². The molecule has 0 aliphatic carbocycles. The molecule has 0 fully saturated rings. The Balaban J connectivity index is 1.54. The fraction of sp³-hybridized carbons (Fsp3) is 0.233. The zero-order valence-corrected chi connectivity index (χ0v) is 22.6. The molecule has 40 heavy (non-hydrogen) atoms. The first-order valence-electron chi connectivity index (χ1n) is 12.3. The van der Waals surface area contributed by atoms with Gasteiger partial charge in [0.1, 0.15) is 11.6 Å². The van der Waals surface area contributed by atoms with Gasteiger partial charge in [-0.3, -0.25) is 9.78 Å². The van der Waals surface area contributed by atoms with Gasteiger partial charge in [-0.15, -0.1) is 0 Å². The van der Waals surface area contributed by atoms with Crippen LogP contribution in [0.15, 0.2) is 66.9 Å². The standard InChI is InChI=1S/C30H28F2N2O6/c1-30(2,3)27(40-29(36)18-8-6-7-9-20(18)31)28(35)34-17-10-11-24(21(32)14-17)39-23-12-13-33-22-16-26(38-5)25(37-4)15-19(22)23/h6-16,27H,1-5H3,(H,34,35). The molecule has 0 spiro atoms. The van der Waals surface area contributed by atoms with Crippen LogP contribution in [0, 0.1) is 17.0 Å². The zero-order valence-electron chi connectivity index (χ0n) is 22.6. The normalized spacial score (nSPS) is 12.0. The number of nitrogens with zero attached hydrogens (tertiary/aromatic N) is 1. The van der Waals surface area contributed by atoms with Gasteiger partial charge in [-0.25, -0.2) is 13.6 Å². The molecule has 8 nitrogen and oxygen atoms in total. The molecule has 208 valence electrons. The number of halogens is 2. The third-order valence-corrected chi connectivity index (χ3v) is 5.97. The fourth-order valence-corrected chi connectivity index (χ4v) is 3.94. The number of rotatable bonds is 8. The average Bonchev–Trinajstić information content (AvgIpc) is 2.91. The molecule has 4 aromatic rings. The predicted molar refractivity (Wildman–Crippen MR) is 145 cm³/mol. The van der Waals surface area contributed by atoms with Gasteiger partial charge < -0.3 is 24.3 Å². The number of nitrogens with one attached hydrogen (secondary N) is 1. The van der Waals surface area contributed by atoms with Crippen molar-refractivity contribution in [1.29, 1.82) is 0 Å². The molecule has 0 saturated heterocycles. The number of hydrogen-bond donors (Lipinski definition) is 1. The van der Waals surface area contributed by atoms with E-state index in [-0.39, 0.29) is 17.0 Å². The minimum atomic E-state index is -1.30. The average molecular weight is 551 g/mol. The largest absolute Gasteiger partial charge is 0.493 e. The Morgan fingerprint density at radius 2 is 1.55 bits per heavy atom. The molecule has 0 radical (unpaired) electrons. The smallest absolute Gasteiger partial charge is 0.341 e. The number of fused-ring (bicyclic) bond motifs is 1. The van der Waals surface area contributed by atoms with Crippen molar-refractivity contribution in [2.75, 3.05) is 19.5 Å². The molecule has 1 N–H and O–H groups in total. The van der Waals surface area contributed by atoms with Crippen molar-refractivity contribution in [1.82, 2.24) is 4.98 Å². The summed E-state index contributed by atoms with van der Waals surface area (Å²) in [4.78, 5) is 30.0. The zero-order chi connectivity index (χ0) is 29.0. The Hall–Kier alpha value is -4.73. The van der Waals surface area contributed by atoms with Gasteiger partial charge in [0.2, 0.25) is 0 Å². The Kier molecular flexibility index (Phi) is 8.18. The van der Waals surface area contributed by atoms with Crippen LogP contribution in [0.5, 0.6) is 23.0 Å². The van der Waals surface area contributed by atoms with Gasteiger partial charge in [-0.1, -0.05) is 32.9 Å². The van der Waals surface area contributed by atoms with Gasteiger partial charge in [-0.2, -0.15) is 0 Å². The molecular formula is C30H28F2N2O6. The van der Waals surface area contributed by atoms with E-state index in [4.69, 9.17) is 18.9 Å². The second-order valence-electron chi connectivity index (χ2n) is 9.90. The number of benzene rings is 3. The van der Waals surface area contributed by atoms with Crippen LogP contribution in [0.2, 0.25) is 0 Å². The summed E-state index contributed by atoms with van der Waals surface area (Å²) in [6.45, 7) is 5.06. The number of amides is 1. The third-order valence-electron chi connectivity index (χ3n) is 5.97. The van der Waals surface area contributed by atoms with Crippen LogP contribution >= 0.6 is 0 Å². The number of pyridine rings is 1. The van der Waals surface area contributed by atoms with Gasteiger partial charge >= 0.3 is 5.97 Å². The van der Waals surface area contributed by atoms with Gasteiger partial charge in [0.25, 0.3) is 5.91 Å². The fourth-order valence-electron chi connectivity index (χ4n) is 3.94. The molecular weight excluding hydrogens is 522 g/mol. The summed E-state index contributed by atoms with van der Waals surface area (Å²) < 4.78 is 51.1. The van der Waals surface area contributed by atoms with Crippen molar-refractivity contribution < 1.29 is 37.3 Å². The highest BCUT2D eigenvalue weighted by Gasteiger charge is 2.36. The second kappa shape index (κ2) is 11.6. The first-order chi connectivity index (χ1) is 19.0. The van der Waals surface area contributed by atoms with E-state index in [1.807, 2.05) is 0 Å². The maximum Gasteiger partial charge on any atom is 0.341 e. The van der Waals surface area contributed by atoms with Crippen molar-refractivity contribution in [2.24, 2.45) is 5.41 Å². The van der Waals surface area contributed by atoms with E-state index in [1.165, 1.54) is 50.7 Å². The van der Waals surface area contributed by atoms with Gasteiger partial charge in [-0.05, 0) is 36.4 Å². The molecule has 4 rings (SSSR count). The van der Waals surface area contributed by atoms with E-state index in [1.54, 1.807) is 39.0 Å². The summed E-state index contributed by atoms with van der Waals surface area (Å²) in [5.74, 6) is -2.03. The summed E-state index contributed by atoms with van der Waals surface area (Å²) in [6, 6.07) is 14.1. The lowest BCUT2D eigenvalue weighted by molar-refractivity contribution is -0.130. The van der Waals surface area contributed by atoms with Crippen molar-refractivity contribution in [3.63, 3.8) is 0 Å². The van der Waals surface area contributed by atoms with Gasteiger partial charge in [0.05, 0.1) is 25.3 Å². The van der Waals surface area contributed by atoms with E-state index in [2.05, 4.69) is 10.3 Å². The van der Waals surface area contributed by atoms with E-state index in [0.717, 1.165) is 12.1 Å². The maximum absolute atomic E-state index is 15.1. The molecule has 1 unspecified atom stereocenters. The molecule has 0 aliphatic rings. The number of methoxy groups -OCH3 is 2. The van der Waals surface area contributed by atoms with E-state index >= 15 is 4.39 Å². The highest BCUT2D eigenvalue weighted by molar-refractivity contribution is 5.98. The van der Waals surface area contributed by atoms with E-state index < -0.39 is 35.0 Å². The quantitative estimate of drug-likeness (QED) is 0.249. The van der Waals surface area contributed by atoms with E-state index in [9.17, 15) is 14.0 Å². The Bertz CT molecular complexity index is 1570. The predicted octanol–water partition coefficient (Wildman–Crippen LogP) is 6.53. The topological polar surface area (TPSA) is 96.0 Å². The number of esters is 1. The lowest BCUT2D eigenvalue weighted by Gasteiger charge is -2.29. The molecule has 1 amide bonds. The summed E-state index contributed by atoms with van der Waals surface area (Å²) in [5, 5.41) is 3.13. The number of hydrogen-bond acceptors (Lipinski definition) is 7. The van der Waals surface area contributed by atoms with Crippen molar-refractivity contribution >= 4 is 28.5 Å². The molecule has 0 aliphatic heterocycles. The number of carbonyl (C=O) groups excluding carboxylic acids is 2. The number of anilines is 1. The first kappa shape index (κ1) is 28.3. The first-order valence-corrected chi connectivity index (χ1v) is 12.3. The van der Waals surface area contributed by atoms with Crippen LogP contribution < -0.4 is 19.5 Å². The SMILES string of the molecule is COc1cc2nccc(Oc3ccc(NC(=O)C(OC(=O)c4ccccc4F)C(C)(C)C)cc3F)c2cc1OC. The van der Waals surface area contributed by atoms with Crippen LogP contribution in [-0.4, -0.2) is 37.2 Å². The molecule has 0 bridgehead atoms. The minimum Gasteiger partial charge on any atom is -0.493 e. The number of aromatic nitrogens is 1. The van der Waals surface area contributed by atoms with E-state index in [0.29, 0.717) is 28.2 Å². The Morgan fingerprint density at radius 3 is 2.20 bits per heavy atom. The number of ether oxygens (including phenoxy) is 4. The van der Waals surface area contributed by atoms with Crippen LogP contribution in [-0.2, 0) is 9.53 Å². The van der Waals surface area contributed by atoms with Gasteiger partial charge in [0.15, 0.2) is 29.2 Å². The Morgan fingerprint density at radius 1 is 0.850 bits per heavy atom. The maximum atomic E-state index is 15.1. The third kappa shape index (κ3) is 6.12. The highest BCUT2D eigenvalue weighted by Crippen LogP contribution is 2.37. The molecule has 0 saturated carbocycles. The molecule has 1 heterocycles. The molecule has 1 atom stereocenters. The van der Waals surface area contributed by atoms with Crippen LogP contribution in [0.3, 0.4) is 0 Å². The minimum absolute atomic E-state index is 0.0985. The number of carbonyl (C=O) groups is 2. The summed E-state index contributed by atoms with van der Waals surface area (Å²) in [6.07, 6.45) is 0.222. The summed E-state index contributed by atoms with van der Waals surface area (Å²) >= 11 is 0. The highest BCUT2D eigenvalue weighted by atomic mass is 19.1. The van der Waals surface area contributed by atoms with Crippen LogP contribution in [0.4, 0.5) is 14.5 Å². The second-order valence-corrected chi connectivity index (χ2v) is 9.90. The Labute approximate surface area is 229 Å². The lowest BCUT2D eigenvalue weighted by atomic mass is 9.88. The molecule has 3 aromatic carbocycles. The summed E-state index contributed by atoms with van der Waals surface area (Å²) in [5.41, 5.74) is -0.481. The van der Waals surface area contributed by atoms with Crippen LogP contribution in [0.1, 0.15) is 31.1 Å².